The van der Waals surface area contributed by atoms with Crippen LogP contribution in [0.3, 0.4) is 0 Å². The maximum absolute atomic E-state index is 13.9. The molecular formula is C31H24Cl2N2O6S. The zero-order chi connectivity index (χ0) is 29.4. The van der Waals surface area contributed by atoms with Crippen LogP contribution in [0.1, 0.15) is 36.6 Å². The smallest absolute Gasteiger partial charge is 0.338 e. The first kappa shape index (κ1) is 28.1. The summed E-state index contributed by atoms with van der Waals surface area (Å²) in [6, 6.07) is 17.3. The number of esters is 1. The molecule has 214 valence electrons. The summed E-state index contributed by atoms with van der Waals surface area (Å²) in [5, 5.41) is 1.10. The van der Waals surface area contributed by atoms with E-state index >= 15 is 0 Å². The van der Waals surface area contributed by atoms with E-state index in [0.717, 1.165) is 11.1 Å². The normalized spacial score (nSPS) is 15.8. The minimum absolute atomic E-state index is 0.111. The molecule has 4 aromatic rings. The van der Waals surface area contributed by atoms with E-state index in [2.05, 4.69) is 4.99 Å². The van der Waals surface area contributed by atoms with E-state index in [-0.39, 0.29) is 25.6 Å². The second-order valence-electron chi connectivity index (χ2n) is 9.51. The van der Waals surface area contributed by atoms with Gasteiger partial charge in [-0.05, 0) is 67.4 Å². The number of thiazole rings is 1. The number of nitrogens with zero attached hydrogens (tertiary/aromatic N) is 2. The third-order valence-electron chi connectivity index (χ3n) is 6.82. The van der Waals surface area contributed by atoms with Gasteiger partial charge in [-0.2, -0.15) is 0 Å². The van der Waals surface area contributed by atoms with Crippen LogP contribution in [0.2, 0.25) is 10.0 Å². The van der Waals surface area contributed by atoms with Gasteiger partial charge in [-0.3, -0.25) is 9.36 Å². The number of carbonyl (C=O) groups excluding carboxylic acids is 1. The Balaban J connectivity index is 1.34. The van der Waals surface area contributed by atoms with Crippen LogP contribution in [0, 0.1) is 0 Å². The Kier molecular flexibility index (Phi) is 7.81. The molecule has 0 N–H and O–H groups in total. The Hall–Kier alpha value is -4.05. The van der Waals surface area contributed by atoms with Crippen LogP contribution in [-0.4, -0.2) is 23.9 Å². The summed E-state index contributed by atoms with van der Waals surface area (Å²) < 4.78 is 24.3. The molecule has 0 radical (unpaired) electrons. The van der Waals surface area contributed by atoms with Crippen LogP contribution >= 0.6 is 34.5 Å². The molecule has 2 aliphatic rings. The van der Waals surface area contributed by atoms with Gasteiger partial charge >= 0.3 is 5.97 Å². The second-order valence-corrected chi connectivity index (χ2v) is 11.4. The lowest BCUT2D eigenvalue weighted by atomic mass is 9.95. The molecule has 3 aromatic carbocycles. The Labute approximate surface area is 254 Å². The molecule has 1 aromatic heterocycles. The van der Waals surface area contributed by atoms with Gasteiger partial charge < -0.3 is 18.9 Å². The van der Waals surface area contributed by atoms with Crippen LogP contribution in [-0.2, 0) is 16.1 Å². The van der Waals surface area contributed by atoms with Crippen molar-refractivity contribution >= 4 is 46.6 Å². The second kappa shape index (κ2) is 11.7. The number of aromatic nitrogens is 1. The first-order valence-corrected chi connectivity index (χ1v) is 14.7. The lowest BCUT2D eigenvalue weighted by Crippen LogP contribution is -2.39. The molecule has 0 spiro atoms. The van der Waals surface area contributed by atoms with Gasteiger partial charge in [0.25, 0.3) is 5.56 Å². The number of hydrogen-bond donors (Lipinski definition) is 0. The van der Waals surface area contributed by atoms with Crippen molar-refractivity contribution in [3.05, 3.63) is 118 Å². The van der Waals surface area contributed by atoms with Crippen molar-refractivity contribution in [1.82, 2.24) is 4.57 Å². The minimum atomic E-state index is -0.743. The van der Waals surface area contributed by atoms with E-state index in [1.165, 1.54) is 11.3 Å². The first-order chi connectivity index (χ1) is 20.3. The Morgan fingerprint density at radius 2 is 1.88 bits per heavy atom. The maximum Gasteiger partial charge on any atom is 0.338 e. The van der Waals surface area contributed by atoms with Crippen LogP contribution in [0.5, 0.6) is 17.2 Å². The molecule has 3 heterocycles. The minimum Gasteiger partial charge on any atom is -0.489 e. The van der Waals surface area contributed by atoms with E-state index in [4.69, 9.17) is 42.1 Å². The molecule has 0 amide bonds. The number of carbonyl (C=O) groups is 1. The number of allylic oxidation sites excluding steroid dienone is 1. The van der Waals surface area contributed by atoms with Gasteiger partial charge in [0.2, 0.25) is 6.79 Å². The van der Waals surface area contributed by atoms with Gasteiger partial charge in [-0.15, -0.1) is 0 Å². The molecule has 0 saturated heterocycles. The fourth-order valence-corrected chi connectivity index (χ4v) is 6.31. The van der Waals surface area contributed by atoms with Crippen molar-refractivity contribution in [2.45, 2.75) is 26.5 Å². The van der Waals surface area contributed by atoms with Crippen LogP contribution in [0.25, 0.3) is 6.08 Å². The topological polar surface area (TPSA) is 88.4 Å². The highest BCUT2D eigenvalue weighted by Crippen LogP contribution is 2.38. The molecule has 6 rings (SSSR count). The van der Waals surface area contributed by atoms with Crippen molar-refractivity contribution in [2.24, 2.45) is 4.99 Å². The zero-order valence-corrected chi connectivity index (χ0v) is 24.9. The van der Waals surface area contributed by atoms with Gasteiger partial charge in [0.05, 0.1) is 28.5 Å². The van der Waals surface area contributed by atoms with E-state index in [9.17, 15) is 9.59 Å². The van der Waals surface area contributed by atoms with Crippen molar-refractivity contribution in [1.29, 1.82) is 0 Å². The Bertz CT molecular complexity index is 1910. The largest absolute Gasteiger partial charge is 0.489 e. The molecule has 0 fully saturated rings. The molecule has 8 nitrogen and oxygen atoms in total. The van der Waals surface area contributed by atoms with E-state index in [1.54, 1.807) is 48.8 Å². The van der Waals surface area contributed by atoms with Crippen LogP contribution in [0.15, 0.2) is 81.7 Å². The predicted molar refractivity (Wildman–Crippen MR) is 160 cm³/mol. The third-order valence-corrected chi connectivity index (χ3v) is 8.39. The van der Waals surface area contributed by atoms with Crippen LogP contribution < -0.4 is 29.1 Å². The highest BCUT2D eigenvalue weighted by molar-refractivity contribution is 7.07. The van der Waals surface area contributed by atoms with Gasteiger partial charge in [0.1, 0.15) is 12.4 Å². The van der Waals surface area contributed by atoms with Gasteiger partial charge in [0.15, 0.2) is 16.3 Å². The number of benzene rings is 3. The van der Waals surface area contributed by atoms with Gasteiger partial charge in [-0.25, -0.2) is 9.79 Å². The number of hydrogen-bond acceptors (Lipinski definition) is 8. The highest BCUT2D eigenvalue weighted by Gasteiger charge is 2.34. The summed E-state index contributed by atoms with van der Waals surface area (Å²) in [5.74, 6) is 1.28. The fourth-order valence-electron chi connectivity index (χ4n) is 4.80. The molecule has 2 aliphatic heterocycles. The van der Waals surface area contributed by atoms with Gasteiger partial charge in [0, 0.05) is 15.6 Å². The third kappa shape index (κ3) is 5.43. The number of ether oxygens (including phenoxy) is 4. The molecule has 0 aliphatic carbocycles. The molecule has 0 bridgehead atoms. The Morgan fingerprint density at radius 3 is 2.64 bits per heavy atom. The van der Waals surface area contributed by atoms with E-state index in [0.29, 0.717) is 53.5 Å². The van der Waals surface area contributed by atoms with Crippen molar-refractivity contribution in [3.63, 3.8) is 0 Å². The van der Waals surface area contributed by atoms with E-state index < -0.39 is 12.0 Å². The highest BCUT2D eigenvalue weighted by atomic mass is 35.5. The molecule has 1 unspecified atom stereocenters. The molecule has 1 atom stereocenters. The summed E-state index contributed by atoms with van der Waals surface area (Å²) >= 11 is 13.5. The van der Waals surface area contributed by atoms with E-state index in [1.807, 2.05) is 36.4 Å². The molecule has 42 heavy (non-hydrogen) atoms. The lowest BCUT2D eigenvalue weighted by Gasteiger charge is -2.24. The first-order valence-electron chi connectivity index (χ1n) is 13.1. The summed E-state index contributed by atoms with van der Waals surface area (Å²) in [6.07, 6.45) is 1.80. The van der Waals surface area contributed by atoms with Crippen molar-refractivity contribution in [2.75, 3.05) is 13.4 Å². The number of fused-ring (bicyclic) bond motifs is 2. The number of halogens is 2. The summed E-state index contributed by atoms with van der Waals surface area (Å²) in [4.78, 5) is 32.1. The maximum atomic E-state index is 13.9. The lowest BCUT2D eigenvalue weighted by molar-refractivity contribution is -0.139. The van der Waals surface area contributed by atoms with Crippen LogP contribution in [0.4, 0.5) is 0 Å². The molecule has 0 saturated carbocycles. The summed E-state index contributed by atoms with van der Waals surface area (Å²) in [7, 11) is 0. The Morgan fingerprint density at radius 1 is 1.10 bits per heavy atom. The van der Waals surface area contributed by atoms with Gasteiger partial charge in [-0.1, -0.05) is 58.8 Å². The SMILES string of the molecule is CCOC(=O)C1=C(C)N=c2s/c(=C/c3ccc(OCc4ccc(Cl)cc4Cl)cc3)c(=O)n2C1c1ccc2c(c1)OCO2. The monoisotopic (exact) mass is 622 g/mol. The average Bonchev–Trinajstić information content (AvgIpc) is 3.56. The summed E-state index contributed by atoms with van der Waals surface area (Å²) in [5.41, 5.74) is 2.84. The molecule has 11 heteroatoms. The average molecular weight is 624 g/mol. The number of rotatable bonds is 7. The zero-order valence-electron chi connectivity index (χ0n) is 22.6. The standard InChI is InChI=1S/C31H24Cl2N2O6S/c1-3-38-30(37)27-17(2)34-31-35(28(27)19-7-11-24-25(13-19)41-16-40-24)29(36)26(42-31)12-18-4-9-22(10-5-18)39-15-20-6-8-21(32)14-23(20)33/h4-14,28H,3,15-16H2,1-2H3/b26-12+. The van der Waals surface area contributed by atoms with Crippen molar-refractivity contribution in [3.8, 4) is 17.2 Å². The summed E-state index contributed by atoms with van der Waals surface area (Å²) in [6.45, 7) is 4.08. The van der Waals surface area contributed by atoms with Crippen molar-refractivity contribution < 1.29 is 23.7 Å². The fraction of sp³-hybridized carbons (Fsp3) is 0.194. The molecular weight excluding hydrogens is 599 g/mol. The quantitative estimate of drug-likeness (QED) is 0.256. The predicted octanol–water partition coefficient (Wildman–Crippen LogP) is 5.41.